The lowest BCUT2D eigenvalue weighted by atomic mass is 9.94. The number of carbonyl (C=O) groups is 2. The molecule has 0 radical (unpaired) electrons. The van der Waals surface area contributed by atoms with Crippen LogP contribution < -0.4 is 20.7 Å². The van der Waals surface area contributed by atoms with Crippen molar-refractivity contribution in [2.45, 2.75) is 25.8 Å². The van der Waals surface area contributed by atoms with E-state index in [2.05, 4.69) is 32.3 Å². The number of hydrogen-bond donors (Lipinski definition) is 2. The van der Waals surface area contributed by atoms with E-state index in [0.717, 1.165) is 67.5 Å². The predicted octanol–water partition coefficient (Wildman–Crippen LogP) is 7.57. The van der Waals surface area contributed by atoms with Gasteiger partial charge in [-0.25, -0.2) is 9.97 Å². The third-order valence-electron chi connectivity index (χ3n) is 8.04. The summed E-state index contributed by atoms with van der Waals surface area (Å²) in [5.41, 5.74) is 12.2. The summed E-state index contributed by atoms with van der Waals surface area (Å²) in [6, 6.07) is 23.4. The van der Waals surface area contributed by atoms with E-state index in [0.29, 0.717) is 52.9 Å². The number of nitriles is 1. The lowest BCUT2D eigenvalue weighted by molar-refractivity contribution is 0.102. The highest BCUT2D eigenvalue weighted by atomic mass is 32.1. The average Bonchev–Trinajstić information content (AvgIpc) is 3.82. The number of nitrogens with one attached hydrogen (secondary N) is 1. The van der Waals surface area contributed by atoms with Gasteiger partial charge in [-0.15, -0.1) is 22.7 Å². The molecule has 7 rings (SSSR count). The van der Waals surface area contributed by atoms with Gasteiger partial charge in [0, 0.05) is 34.5 Å². The number of hydrogen-bond acceptors (Lipinski definition) is 11. The highest BCUT2D eigenvalue weighted by Crippen LogP contribution is 2.35. The molecule has 0 atom stereocenters. The zero-order chi connectivity index (χ0) is 32.3. The largest absolute Gasteiger partial charge is 0.494 e. The first-order valence-electron chi connectivity index (χ1n) is 15.0. The second kappa shape index (κ2) is 13.3. The molecule has 234 valence electrons. The maximum Gasteiger partial charge on any atom is 0.257 e. The number of aldehydes is 1. The van der Waals surface area contributed by atoms with Crippen LogP contribution in [0, 0.1) is 11.3 Å². The fraction of sp³-hybridized carbons (Fsp3) is 0.171. The second-order valence-corrected chi connectivity index (χ2v) is 14.0. The molecule has 9 nitrogen and oxygen atoms in total. The summed E-state index contributed by atoms with van der Waals surface area (Å²) in [5.74, 6) is 0.542. The number of nitrogens with zero attached hydrogens (tertiary/aromatic N) is 4. The molecule has 3 aromatic carbocycles. The van der Waals surface area contributed by atoms with Gasteiger partial charge in [-0.3, -0.25) is 14.9 Å². The van der Waals surface area contributed by atoms with Crippen LogP contribution in [0.2, 0.25) is 0 Å². The van der Waals surface area contributed by atoms with Gasteiger partial charge in [0.05, 0.1) is 22.4 Å². The van der Waals surface area contributed by atoms with Crippen LogP contribution >= 0.6 is 34.0 Å². The van der Waals surface area contributed by atoms with Crippen molar-refractivity contribution >= 4 is 71.7 Å². The molecule has 3 aromatic heterocycles. The molecule has 0 aliphatic carbocycles. The molecule has 4 heterocycles. The number of amides is 1. The molecule has 0 spiro atoms. The molecule has 1 aliphatic rings. The Balaban J connectivity index is 0.985. The maximum atomic E-state index is 13.4. The van der Waals surface area contributed by atoms with E-state index in [1.807, 2.05) is 66.0 Å². The number of anilines is 3. The van der Waals surface area contributed by atoms with Gasteiger partial charge in [0.1, 0.15) is 22.5 Å². The number of ether oxygens (including phenoxy) is 1. The number of fused-ring (bicyclic) bond motifs is 2. The van der Waals surface area contributed by atoms with Gasteiger partial charge in [-0.05, 0) is 66.3 Å². The van der Waals surface area contributed by atoms with E-state index in [1.165, 1.54) is 34.0 Å². The normalized spacial score (nSPS) is 12.4. The first-order chi connectivity index (χ1) is 23.0. The Bertz CT molecular complexity index is 2110. The van der Waals surface area contributed by atoms with Gasteiger partial charge in [-0.2, -0.15) is 5.26 Å². The molecule has 0 bridgehead atoms. The average molecular weight is 677 g/mol. The van der Waals surface area contributed by atoms with Gasteiger partial charge < -0.3 is 15.4 Å². The first kappa shape index (κ1) is 30.6. The number of para-hydroxylation sites is 1. The van der Waals surface area contributed by atoms with Crippen LogP contribution in [0.15, 0.2) is 72.1 Å². The van der Waals surface area contributed by atoms with E-state index in [-0.39, 0.29) is 5.91 Å². The first-order valence-corrected chi connectivity index (χ1v) is 17.5. The summed E-state index contributed by atoms with van der Waals surface area (Å²) >= 11 is 4.33. The Morgan fingerprint density at radius 3 is 2.74 bits per heavy atom. The molecular formula is C35H28N6O3S3. The second-order valence-electron chi connectivity index (χ2n) is 11.0. The van der Waals surface area contributed by atoms with E-state index in [9.17, 15) is 14.9 Å². The van der Waals surface area contributed by atoms with Crippen LogP contribution in [0.3, 0.4) is 0 Å². The van der Waals surface area contributed by atoms with Gasteiger partial charge >= 0.3 is 0 Å². The minimum atomic E-state index is -0.186. The van der Waals surface area contributed by atoms with Crippen molar-refractivity contribution in [3.8, 4) is 22.9 Å². The molecular weight excluding hydrogens is 649 g/mol. The number of nitrogens with two attached hydrogens (primary N) is 1. The van der Waals surface area contributed by atoms with Gasteiger partial charge in [0.15, 0.2) is 16.5 Å². The van der Waals surface area contributed by atoms with Gasteiger partial charge in [0.2, 0.25) is 0 Å². The maximum absolute atomic E-state index is 13.4. The highest BCUT2D eigenvalue weighted by molar-refractivity contribution is 7.22. The lowest BCUT2D eigenvalue weighted by Crippen LogP contribution is -2.32. The molecule has 6 aromatic rings. The zero-order valence-corrected chi connectivity index (χ0v) is 27.5. The highest BCUT2D eigenvalue weighted by Gasteiger charge is 2.25. The fourth-order valence-corrected chi connectivity index (χ4v) is 8.39. The number of nitrogen functional groups attached to an aromatic ring is 1. The topological polar surface area (TPSA) is 134 Å². The number of benzene rings is 3. The van der Waals surface area contributed by atoms with Crippen molar-refractivity contribution in [1.29, 1.82) is 5.26 Å². The lowest BCUT2D eigenvalue weighted by Gasteiger charge is -2.29. The standard InChI is InChI=1S/C35H28N6O3S3/c36-17-25-27(20-45-32(25)37)22-10-12-23(13-11-22)44-16-4-9-31-29(19-42)39-35(47-31)41-15-14-21-5-3-6-24(26(21)18-41)33(43)40-34-38-28-7-1-2-8-30(28)46-34/h1-3,5-8,10-13,19-20H,4,9,14-16,18,37H2,(H,38,40,43). The van der Waals surface area contributed by atoms with Crippen LogP contribution in [0.1, 0.15) is 48.8 Å². The van der Waals surface area contributed by atoms with E-state index in [4.69, 9.17) is 10.5 Å². The Labute approximate surface area is 282 Å². The summed E-state index contributed by atoms with van der Waals surface area (Å²) in [6.45, 7) is 1.75. The quantitative estimate of drug-likeness (QED) is 0.112. The Kier molecular flexibility index (Phi) is 8.67. The summed E-state index contributed by atoms with van der Waals surface area (Å²) in [6.07, 6.45) is 2.95. The Morgan fingerprint density at radius 2 is 1.94 bits per heavy atom. The van der Waals surface area contributed by atoms with Crippen molar-refractivity contribution < 1.29 is 14.3 Å². The molecule has 47 heavy (non-hydrogen) atoms. The Morgan fingerprint density at radius 1 is 1.09 bits per heavy atom. The number of carbonyl (C=O) groups excluding carboxylic acids is 2. The van der Waals surface area contributed by atoms with E-state index >= 15 is 0 Å². The summed E-state index contributed by atoms with van der Waals surface area (Å²) in [4.78, 5) is 37.7. The number of aromatic nitrogens is 2. The molecule has 0 unspecified atom stereocenters. The fourth-order valence-electron chi connectivity index (χ4n) is 5.66. The van der Waals surface area contributed by atoms with Crippen molar-refractivity contribution in [3.63, 3.8) is 0 Å². The van der Waals surface area contributed by atoms with Crippen molar-refractivity contribution in [1.82, 2.24) is 9.97 Å². The van der Waals surface area contributed by atoms with Crippen LogP contribution in [0.4, 0.5) is 15.3 Å². The third-order valence-corrected chi connectivity index (χ3v) is 11.0. The number of aryl methyl sites for hydroxylation is 1. The predicted molar refractivity (Wildman–Crippen MR) is 189 cm³/mol. The third kappa shape index (κ3) is 6.33. The molecule has 0 saturated carbocycles. The van der Waals surface area contributed by atoms with Crippen molar-refractivity contribution in [2.24, 2.45) is 0 Å². The Hall–Kier alpha value is -5.09. The molecule has 12 heteroatoms. The van der Waals surface area contributed by atoms with Crippen LogP contribution in [-0.4, -0.2) is 35.3 Å². The summed E-state index contributed by atoms with van der Waals surface area (Å²) < 4.78 is 6.99. The minimum Gasteiger partial charge on any atom is -0.494 e. The molecule has 0 fully saturated rings. The van der Waals surface area contributed by atoms with Gasteiger partial charge in [-0.1, -0.05) is 47.7 Å². The van der Waals surface area contributed by atoms with Gasteiger partial charge in [0.25, 0.3) is 5.91 Å². The van der Waals surface area contributed by atoms with E-state index < -0.39 is 0 Å². The number of thiophene rings is 1. The summed E-state index contributed by atoms with van der Waals surface area (Å²) in [7, 11) is 0. The SMILES string of the molecule is N#Cc1c(-c2ccc(OCCCc3sc(N4CCc5cccc(C(=O)Nc6nc7ccccc7s6)c5C4)nc3C=O)cc2)csc1N. The van der Waals surface area contributed by atoms with Crippen molar-refractivity contribution in [3.05, 3.63) is 105 Å². The van der Waals surface area contributed by atoms with E-state index in [1.54, 1.807) is 0 Å². The zero-order valence-electron chi connectivity index (χ0n) is 25.1. The molecule has 3 N–H and O–H groups in total. The molecule has 1 aliphatic heterocycles. The van der Waals surface area contributed by atoms with Crippen LogP contribution in [0.25, 0.3) is 21.3 Å². The number of thiazole rings is 2. The minimum absolute atomic E-state index is 0.186. The number of rotatable bonds is 10. The molecule has 0 saturated heterocycles. The smallest absolute Gasteiger partial charge is 0.257 e. The summed E-state index contributed by atoms with van der Waals surface area (Å²) in [5, 5.41) is 16.1. The van der Waals surface area contributed by atoms with Crippen LogP contribution in [-0.2, 0) is 19.4 Å². The van der Waals surface area contributed by atoms with Crippen molar-refractivity contribution in [2.75, 3.05) is 29.1 Å². The monoisotopic (exact) mass is 676 g/mol. The van der Waals surface area contributed by atoms with Crippen LogP contribution in [0.5, 0.6) is 5.75 Å². The molecule has 1 amide bonds.